The van der Waals surface area contributed by atoms with Crippen molar-refractivity contribution in [2.75, 3.05) is 39.9 Å². The van der Waals surface area contributed by atoms with Crippen molar-refractivity contribution in [3.63, 3.8) is 0 Å². The maximum absolute atomic E-state index is 13.5. The maximum atomic E-state index is 13.5. The SMILES string of the molecule is COCCn1nnnc1C1(N2CCCC2)CCCN(C(=O)Cc2c[nH]c3ccccc23)C1. The number of aromatic nitrogens is 5. The molecule has 1 aromatic carbocycles. The Morgan fingerprint density at radius 3 is 2.88 bits per heavy atom. The summed E-state index contributed by atoms with van der Waals surface area (Å²) < 4.78 is 7.14. The molecule has 32 heavy (non-hydrogen) atoms. The number of nitrogens with zero attached hydrogens (tertiary/aromatic N) is 6. The van der Waals surface area contributed by atoms with Gasteiger partial charge in [0.15, 0.2) is 5.82 Å². The molecular weight excluding hydrogens is 406 g/mol. The Morgan fingerprint density at radius 2 is 2.03 bits per heavy atom. The average Bonchev–Trinajstić information content (AvgIpc) is 3.59. The van der Waals surface area contributed by atoms with E-state index in [1.165, 1.54) is 12.8 Å². The molecule has 0 bridgehead atoms. The van der Waals surface area contributed by atoms with E-state index in [2.05, 4.69) is 31.5 Å². The number of ether oxygens (including phenoxy) is 1. The van der Waals surface area contributed by atoms with Crippen molar-refractivity contribution in [3.8, 4) is 0 Å². The Hall–Kier alpha value is -2.78. The molecule has 2 aliphatic rings. The second-order valence-electron chi connectivity index (χ2n) is 8.90. The first-order valence-electron chi connectivity index (χ1n) is 11.5. The third-order valence-corrected chi connectivity index (χ3v) is 7.01. The highest BCUT2D eigenvalue weighted by atomic mass is 16.5. The molecule has 3 aromatic rings. The number of likely N-dealkylation sites (tertiary alicyclic amines) is 2. The minimum Gasteiger partial charge on any atom is -0.383 e. The lowest BCUT2D eigenvalue weighted by Gasteiger charge is -2.47. The van der Waals surface area contributed by atoms with Gasteiger partial charge in [0.25, 0.3) is 0 Å². The van der Waals surface area contributed by atoms with Gasteiger partial charge in [-0.3, -0.25) is 9.69 Å². The van der Waals surface area contributed by atoms with Gasteiger partial charge in [-0.2, -0.15) is 0 Å². The number of aromatic amines is 1. The summed E-state index contributed by atoms with van der Waals surface area (Å²) >= 11 is 0. The van der Waals surface area contributed by atoms with Gasteiger partial charge in [0.1, 0.15) is 5.54 Å². The molecule has 9 nitrogen and oxygen atoms in total. The summed E-state index contributed by atoms with van der Waals surface area (Å²) in [7, 11) is 1.69. The van der Waals surface area contributed by atoms with Crippen molar-refractivity contribution in [1.82, 2.24) is 35.0 Å². The van der Waals surface area contributed by atoms with Crippen molar-refractivity contribution < 1.29 is 9.53 Å². The lowest BCUT2D eigenvalue weighted by molar-refractivity contribution is -0.135. The smallest absolute Gasteiger partial charge is 0.227 e. The van der Waals surface area contributed by atoms with Crippen LogP contribution in [0, 0.1) is 0 Å². The van der Waals surface area contributed by atoms with Crippen LogP contribution in [0.25, 0.3) is 10.9 Å². The van der Waals surface area contributed by atoms with Crippen molar-refractivity contribution >= 4 is 16.8 Å². The summed E-state index contributed by atoms with van der Waals surface area (Å²) in [6.07, 6.45) is 6.60. The second-order valence-corrected chi connectivity index (χ2v) is 8.90. The van der Waals surface area contributed by atoms with E-state index in [4.69, 9.17) is 4.74 Å². The van der Waals surface area contributed by atoms with Crippen LogP contribution >= 0.6 is 0 Å². The largest absolute Gasteiger partial charge is 0.383 e. The number of rotatable bonds is 7. The number of benzene rings is 1. The molecule has 5 rings (SSSR count). The number of carbonyl (C=O) groups is 1. The zero-order valence-electron chi connectivity index (χ0n) is 18.7. The second kappa shape index (κ2) is 8.99. The molecule has 2 fully saturated rings. The lowest BCUT2D eigenvalue weighted by atomic mass is 9.85. The Labute approximate surface area is 187 Å². The molecule has 0 radical (unpaired) electrons. The van der Waals surface area contributed by atoms with Gasteiger partial charge >= 0.3 is 0 Å². The molecule has 2 aromatic heterocycles. The van der Waals surface area contributed by atoms with Gasteiger partial charge in [-0.1, -0.05) is 18.2 Å². The monoisotopic (exact) mass is 437 g/mol. The molecular formula is C23H31N7O2. The Morgan fingerprint density at radius 1 is 1.19 bits per heavy atom. The molecule has 1 atom stereocenters. The minimum atomic E-state index is -0.345. The molecule has 0 spiro atoms. The van der Waals surface area contributed by atoms with Crippen molar-refractivity contribution in [2.45, 2.75) is 44.2 Å². The number of para-hydroxylation sites is 1. The highest BCUT2D eigenvalue weighted by Crippen LogP contribution is 2.38. The van der Waals surface area contributed by atoms with Crippen molar-refractivity contribution in [2.24, 2.45) is 0 Å². The number of carbonyl (C=O) groups excluding carboxylic acids is 1. The van der Waals surface area contributed by atoms with Crippen LogP contribution in [-0.4, -0.2) is 80.8 Å². The van der Waals surface area contributed by atoms with Gasteiger partial charge in [-0.25, -0.2) is 4.68 Å². The molecule has 1 N–H and O–H groups in total. The van der Waals surface area contributed by atoms with Crippen molar-refractivity contribution in [1.29, 1.82) is 0 Å². The molecule has 0 saturated carbocycles. The van der Waals surface area contributed by atoms with Crippen LogP contribution in [0.5, 0.6) is 0 Å². The first-order valence-corrected chi connectivity index (χ1v) is 11.5. The summed E-state index contributed by atoms with van der Waals surface area (Å²) in [5, 5.41) is 13.9. The number of piperidine rings is 1. The van der Waals surface area contributed by atoms with E-state index < -0.39 is 0 Å². The van der Waals surface area contributed by atoms with Gasteiger partial charge in [0.2, 0.25) is 5.91 Å². The molecule has 9 heteroatoms. The minimum absolute atomic E-state index is 0.161. The number of amides is 1. The van der Waals surface area contributed by atoms with Crippen LogP contribution < -0.4 is 0 Å². The van der Waals surface area contributed by atoms with Gasteiger partial charge in [-0.15, -0.1) is 5.10 Å². The van der Waals surface area contributed by atoms with Crippen LogP contribution in [0.3, 0.4) is 0 Å². The highest BCUT2D eigenvalue weighted by molar-refractivity contribution is 5.89. The Bertz CT molecular complexity index is 1070. The molecule has 1 amide bonds. The number of H-pyrrole nitrogens is 1. The van der Waals surface area contributed by atoms with Gasteiger partial charge < -0.3 is 14.6 Å². The van der Waals surface area contributed by atoms with E-state index in [9.17, 15) is 4.79 Å². The fourth-order valence-corrected chi connectivity index (χ4v) is 5.40. The number of hydrogen-bond acceptors (Lipinski definition) is 6. The van der Waals surface area contributed by atoms with E-state index in [-0.39, 0.29) is 11.4 Å². The number of tetrazole rings is 1. The molecule has 4 heterocycles. The van der Waals surface area contributed by atoms with Gasteiger partial charge in [-0.05, 0) is 60.8 Å². The zero-order chi connectivity index (χ0) is 22.0. The molecule has 2 aliphatic heterocycles. The van der Waals surface area contributed by atoms with Crippen LogP contribution in [0.2, 0.25) is 0 Å². The summed E-state index contributed by atoms with van der Waals surface area (Å²) in [5.41, 5.74) is 1.77. The predicted octanol–water partition coefficient (Wildman–Crippen LogP) is 1.96. The number of methoxy groups -OCH3 is 1. The molecule has 2 saturated heterocycles. The van der Waals surface area contributed by atoms with Gasteiger partial charge in [0, 0.05) is 37.3 Å². The van der Waals surface area contributed by atoms with E-state index in [1.807, 2.05) is 34.0 Å². The topological polar surface area (TPSA) is 92.2 Å². The predicted molar refractivity (Wildman–Crippen MR) is 120 cm³/mol. The van der Waals surface area contributed by atoms with Crippen LogP contribution in [0.15, 0.2) is 30.5 Å². The third-order valence-electron chi connectivity index (χ3n) is 7.01. The zero-order valence-corrected chi connectivity index (χ0v) is 18.7. The third kappa shape index (κ3) is 3.80. The quantitative estimate of drug-likeness (QED) is 0.608. The normalized spacial score (nSPS) is 22.1. The van der Waals surface area contributed by atoms with Gasteiger partial charge in [0.05, 0.1) is 19.6 Å². The number of fused-ring (bicyclic) bond motifs is 1. The van der Waals surface area contributed by atoms with E-state index >= 15 is 0 Å². The molecule has 170 valence electrons. The van der Waals surface area contributed by atoms with Crippen LogP contribution in [-0.2, 0) is 28.0 Å². The number of hydrogen-bond donors (Lipinski definition) is 1. The van der Waals surface area contributed by atoms with E-state index in [0.717, 1.165) is 54.8 Å². The van der Waals surface area contributed by atoms with Crippen molar-refractivity contribution in [3.05, 3.63) is 41.9 Å². The summed E-state index contributed by atoms with van der Waals surface area (Å²) in [6.45, 7) is 4.59. The molecule has 0 aliphatic carbocycles. The van der Waals surface area contributed by atoms with E-state index in [1.54, 1.807) is 7.11 Å². The lowest BCUT2D eigenvalue weighted by Crippen LogP contribution is -2.58. The fourth-order valence-electron chi connectivity index (χ4n) is 5.40. The highest BCUT2D eigenvalue weighted by Gasteiger charge is 2.47. The number of nitrogens with one attached hydrogen (secondary N) is 1. The maximum Gasteiger partial charge on any atom is 0.227 e. The Balaban J connectivity index is 1.42. The van der Waals surface area contributed by atoms with Crippen LogP contribution in [0.1, 0.15) is 37.1 Å². The summed E-state index contributed by atoms with van der Waals surface area (Å²) in [6, 6.07) is 8.14. The summed E-state index contributed by atoms with van der Waals surface area (Å²) in [4.78, 5) is 21.3. The van der Waals surface area contributed by atoms with E-state index in [0.29, 0.717) is 26.1 Å². The molecule has 1 unspecified atom stereocenters. The first kappa shape index (κ1) is 21.1. The first-order chi connectivity index (χ1) is 15.7. The average molecular weight is 438 g/mol. The fraction of sp³-hybridized carbons (Fsp3) is 0.565. The Kier molecular flexibility index (Phi) is 5.93. The summed E-state index contributed by atoms with van der Waals surface area (Å²) in [5.74, 6) is 1.02. The van der Waals surface area contributed by atoms with Crippen LogP contribution in [0.4, 0.5) is 0 Å². The standard InChI is InChI=1S/C23H31N7O2/c1-32-14-13-30-22(25-26-27-30)23(29-11-4-5-12-29)9-6-10-28(17-23)21(31)15-18-16-24-20-8-3-2-7-19(18)20/h2-3,7-8,16,24H,4-6,9-15,17H2,1H3.